The smallest absolute Gasteiger partial charge is 0.132 e. The summed E-state index contributed by atoms with van der Waals surface area (Å²) in [5.74, 6) is 2.19. The van der Waals surface area contributed by atoms with Crippen LogP contribution >= 0.6 is 0 Å². The van der Waals surface area contributed by atoms with Gasteiger partial charge in [-0.2, -0.15) is 0 Å². The van der Waals surface area contributed by atoms with E-state index in [0.717, 1.165) is 11.6 Å². The molecule has 3 N–H and O–H groups in total. The largest absolute Gasteiger partial charge is 0.394 e. The van der Waals surface area contributed by atoms with Crippen LogP contribution in [-0.2, 0) is 0 Å². The first-order valence-corrected chi connectivity index (χ1v) is 4.56. The number of hydrogen-bond donors (Lipinski definition) is 3. The third-order valence-corrected chi connectivity index (χ3v) is 1.76. The first-order chi connectivity index (χ1) is 6.65. The highest BCUT2D eigenvalue weighted by Gasteiger charge is 2.03. The molecule has 0 saturated carbocycles. The van der Waals surface area contributed by atoms with Crippen LogP contribution in [0.25, 0.3) is 0 Å². The Morgan fingerprint density at radius 2 is 2.07 bits per heavy atom. The maximum atomic E-state index is 8.87. The molecule has 0 radical (unpaired) electrons. The van der Waals surface area contributed by atoms with E-state index in [0.29, 0.717) is 5.82 Å². The molecule has 1 rings (SSSR count). The summed E-state index contributed by atoms with van der Waals surface area (Å²) in [6.45, 7) is 3.80. The van der Waals surface area contributed by atoms with E-state index in [1.54, 1.807) is 13.1 Å². The summed E-state index contributed by atoms with van der Waals surface area (Å²) >= 11 is 0. The molecule has 0 aliphatic heterocycles. The summed E-state index contributed by atoms with van der Waals surface area (Å²) in [7, 11) is 1.81. The van der Waals surface area contributed by atoms with Gasteiger partial charge in [0.1, 0.15) is 17.5 Å². The first kappa shape index (κ1) is 10.7. The molecule has 78 valence electrons. The Morgan fingerprint density at radius 3 is 2.64 bits per heavy atom. The lowest BCUT2D eigenvalue weighted by Crippen LogP contribution is -2.20. The summed E-state index contributed by atoms with van der Waals surface area (Å²) in [4.78, 5) is 8.36. The van der Waals surface area contributed by atoms with Gasteiger partial charge < -0.3 is 15.7 Å². The summed E-state index contributed by atoms with van der Waals surface area (Å²) in [6, 6.07) is 1.80. The topological polar surface area (TPSA) is 70.1 Å². The van der Waals surface area contributed by atoms with E-state index in [9.17, 15) is 0 Å². The maximum Gasteiger partial charge on any atom is 0.132 e. The zero-order chi connectivity index (χ0) is 10.6. The molecule has 0 aliphatic rings. The lowest BCUT2D eigenvalue weighted by Gasteiger charge is -2.12. The van der Waals surface area contributed by atoms with Gasteiger partial charge in [-0.05, 0) is 13.8 Å². The van der Waals surface area contributed by atoms with Crippen LogP contribution in [0.4, 0.5) is 11.6 Å². The lowest BCUT2D eigenvalue weighted by atomic mass is 10.3. The van der Waals surface area contributed by atoms with Crippen molar-refractivity contribution >= 4 is 11.6 Å². The van der Waals surface area contributed by atoms with Gasteiger partial charge in [-0.15, -0.1) is 0 Å². The van der Waals surface area contributed by atoms with Crippen LogP contribution in [0.1, 0.15) is 12.7 Å². The standard InChI is InChI=1S/C9H16N4O/c1-6(5-14)11-9-4-8(10-3)12-7(2)13-9/h4,6,14H,5H2,1-3H3,(H2,10,11,12,13). The van der Waals surface area contributed by atoms with E-state index in [1.165, 1.54) is 0 Å². The summed E-state index contributed by atoms with van der Waals surface area (Å²) in [5.41, 5.74) is 0. The molecule has 0 bridgehead atoms. The van der Waals surface area contributed by atoms with E-state index >= 15 is 0 Å². The predicted molar refractivity (Wildman–Crippen MR) is 56.5 cm³/mol. The summed E-state index contributed by atoms with van der Waals surface area (Å²) < 4.78 is 0. The number of aliphatic hydroxyl groups excluding tert-OH is 1. The van der Waals surface area contributed by atoms with E-state index in [1.807, 2.05) is 13.8 Å². The van der Waals surface area contributed by atoms with E-state index in [4.69, 9.17) is 5.11 Å². The molecule has 14 heavy (non-hydrogen) atoms. The number of aromatic nitrogens is 2. The normalized spacial score (nSPS) is 12.3. The summed E-state index contributed by atoms with van der Waals surface area (Å²) in [5, 5.41) is 14.9. The zero-order valence-corrected chi connectivity index (χ0v) is 8.70. The van der Waals surface area contributed by atoms with Crippen molar-refractivity contribution in [1.29, 1.82) is 0 Å². The number of hydrogen-bond acceptors (Lipinski definition) is 5. The Hall–Kier alpha value is -1.36. The minimum atomic E-state index is -0.00555. The molecule has 1 atom stereocenters. The molecule has 5 heteroatoms. The van der Waals surface area contributed by atoms with Crippen molar-refractivity contribution in [2.45, 2.75) is 19.9 Å². The second kappa shape index (κ2) is 4.76. The highest BCUT2D eigenvalue weighted by molar-refractivity contribution is 5.47. The average Bonchev–Trinajstić information content (AvgIpc) is 2.16. The number of anilines is 2. The van der Waals surface area contributed by atoms with Gasteiger partial charge in [-0.3, -0.25) is 0 Å². The molecule has 1 unspecified atom stereocenters. The van der Waals surface area contributed by atoms with Crippen LogP contribution in [-0.4, -0.2) is 34.8 Å². The fourth-order valence-corrected chi connectivity index (χ4v) is 1.07. The SMILES string of the molecule is CNc1cc(NC(C)CO)nc(C)n1. The Bertz CT molecular complexity index is 303. The van der Waals surface area contributed by atoms with E-state index in [-0.39, 0.29) is 12.6 Å². The van der Waals surface area contributed by atoms with Crippen molar-refractivity contribution in [2.24, 2.45) is 0 Å². The second-order valence-electron chi connectivity index (χ2n) is 3.16. The third kappa shape index (κ3) is 2.85. The summed E-state index contributed by atoms with van der Waals surface area (Å²) in [6.07, 6.45) is 0. The molecule has 5 nitrogen and oxygen atoms in total. The Balaban J connectivity index is 2.81. The minimum Gasteiger partial charge on any atom is -0.394 e. The van der Waals surface area contributed by atoms with Gasteiger partial charge in [0.25, 0.3) is 0 Å². The van der Waals surface area contributed by atoms with Crippen molar-refractivity contribution in [1.82, 2.24) is 9.97 Å². The van der Waals surface area contributed by atoms with Crippen molar-refractivity contribution in [2.75, 3.05) is 24.3 Å². The van der Waals surface area contributed by atoms with E-state index < -0.39 is 0 Å². The van der Waals surface area contributed by atoms with Crippen LogP contribution < -0.4 is 10.6 Å². The third-order valence-electron chi connectivity index (χ3n) is 1.76. The molecule has 0 saturated heterocycles. The molecular formula is C9H16N4O. The van der Waals surface area contributed by atoms with Gasteiger partial charge in [-0.25, -0.2) is 9.97 Å². The van der Waals surface area contributed by atoms with Gasteiger partial charge >= 0.3 is 0 Å². The molecule has 1 aromatic heterocycles. The number of rotatable bonds is 4. The quantitative estimate of drug-likeness (QED) is 0.658. The molecular weight excluding hydrogens is 180 g/mol. The van der Waals surface area contributed by atoms with Crippen LogP contribution in [0.5, 0.6) is 0 Å². The first-order valence-electron chi connectivity index (χ1n) is 4.56. The van der Waals surface area contributed by atoms with Crippen molar-refractivity contribution in [3.63, 3.8) is 0 Å². The maximum absolute atomic E-state index is 8.87. The number of aliphatic hydroxyl groups is 1. The molecule has 0 spiro atoms. The van der Waals surface area contributed by atoms with Crippen LogP contribution in [0, 0.1) is 6.92 Å². The fourth-order valence-electron chi connectivity index (χ4n) is 1.07. The van der Waals surface area contributed by atoms with Crippen molar-refractivity contribution in [3.8, 4) is 0 Å². The fraction of sp³-hybridized carbons (Fsp3) is 0.556. The van der Waals surface area contributed by atoms with Gasteiger partial charge in [0, 0.05) is 19.2 Å². The van der Waals surface area contributed by atoms with E-state index in [2.05, 4.69) is 20.6 Å². The monoisotopic (exact) mass is 196 g/mol. The van der Waals surface area contributed by atoms with Crippen molar-refractivity contribution < 1.29 is 5.11 Å². The van der Waals surface area contributed by atoms with Gasteiger partial charge in [0.2, 0.25) is 0 Å². The Labute approximate surface area is 83.6 Å². The van der Waals surface area contributed by atoms with Gasteiger partial charge in [0.05, 0.1) is 6.61 Å². The predicted octanol–water partition coefficient (Wildman–Crippen LogP) is 0.619. The lowest BCUT2D eigenvalue weighted by molar-refractivity contribution is 0.281. The highest BCUT2D eigenvalue weighted by atomic mass is 16.3. The van der Waals surface area contributed by atoms with Crippen LogP contribution in [0.15, 0.2) is 6.07 Å². The minimum absolute atomic E-state index is 0.00555. The van der Waals surface area contributed by atoms with Crippen molar-refractivity contribution in [3.05, 3.63) is 11.9 Å². The molecule has 0 aromatic carbocycles. The number of aryl methyl sites for hydroxylation is 1. The highest BCUT2D eigenvalue weighted by Crippen LogP contribution is 2.10. The molecule has 1 aromatic rings. The Kier molecular flexibility index (Phi) is 3.64. The number of nitrogens with zero attached hydrogens (tertiary/aromatic N) is 2. The molecule has 0 fully saturated rings. The van der Waals surface area contributed by atoms with Crippen LogP contribution in [0.2, 0.25) is 0 Å². The number of nitrogens with one attached hydrogen (secondary N) is 2. The Morgan fingerprint density at radius 1 is 1.43 bits per heavy atom. The second-order valence-corrected chi connectivity index (χ2v) is 3.16. The molecule has 0 amide bonds. The average molecular weight is 196 g/mol. The van der Waals surface area contributed by atoms with Crippen LogP contribution in [0.3, 0.4) is 0 Å². The zero-order valence-electron chi connectivity index (χ0n) is 8.70. The molecule has 0 aliphatic carbocycles. The van der Waals surface area contributed by atoms with Gasteiger partial charge in [0.15, 0.2) is 0 Å². The molecule has 1 heterocycles. The van der Waals surface area contributed by atoms with Gasteiger partial charge in [-0.1, -0.05) is 0 Å².